The van der Waals surface area contributed by atoms with Crippen molar-refractivity contribution in [3.8, 4) is 0 Å². The molecule has 2 N–H and O–H groups in total. The number of carbonyl (C=O) groups is 2. The van der Waals surface area contributed by atoms with Crippen LogP contribution in [0.15, 0.2) is 60.8 Å². The van der Waals surface area contributed by atoms with Gasteiger partial charge in [0.15, 0.2) is 0 Å². The average Bonchev–Trinajstić information content (AvgIpc) is 3.13. The molecule has 3 rings (SSSR count). The highest BCUT2D eigenvalue weighted by atomic mass is 16.5. The number of amides is 2. The number of alkyl carbamates (subject to hydrolysis) is 1. The minimum Gasteiger partial charge on any atom is -0.445 e. The molecule has 0 radical (unpaired) electrons. The van der Waals surface area contributed by atoms with Crippen LogP contribution < -0.4 is 10.6 Å². The van der Waals surface area contributed by atoms with Crippen molar-refractivity contribution in [3.05, 3.63) is 66.4 Å². The van der Waals surface area contributed by atoms with Crippen LogP contribution in [0.25, 0.3) is 10.9 Å². The minimum absolute atomic E-state index is 0.0724. The molecule has 2 amide bonds. The van der Waals surface area contributed by atoms with Gasteiger partial charge in [-0.15, -0.1) is 0 Å². The van der Waals surface area contributed by atoms with Crippen LogP contribution in [0.4, 0.5) is 10.5 Å². The van der Waals surface area contributed by atoms with E-state index in [1.807, 2.05) is 48.5 Å². The van der Waals surface area contributed by atoms with Gasteiger partial charge < -0.3 is 19.9 Å². The smallest absolute Gasteiger partial charge is 0.407 e. The summed E-state index contributed by atoms with van der Waals surface area (Å²) in [6, 6.07) is 17.5. The molecule has 0 bridgehead atoms. The summed E-state index contributed by atoms with van der Waals surface area (Å²) in [5.41, 5.74) is 2.89. The molecule has 0 fully saturated rings. The molecule has 0 aliphatic heterocycles. The molecule has 3 aromatic rings. The first-order chi connectivity index (χ1) is 14.2. The topological polar surface area (TPSA) is 72.4 Å². The fourth-order valence-electron chi connectivity index (χ4n) is 3.15. The largest absolute Gasteiger partial charge is 0.445 e. The number of hydrogen-bond donors (Lipinski definition) is 2. The molecular weight excluding hydrogens is 366 g/mol. The SMILES string of the molecule is CCCn1ccc2cc(NC(=O)CCCNC(=O)OCc3ccccc3)ccc21. The van der Waals surface area contributed by atoms with Crippen LogP contribution in [0, 0.1) is 0 Å². The Kier molecular flexibility index (Phi) is 7.28. The molecule has 0 unspecified atom stereocenters. The maximum absolute atomic E-state index is 12.2. The molecule has 0 saturated carbocycles. The first-order valence-corrected chi connectivity index (χ1v) is 9.99. The van der Waals surface area contributed by atoms with Gasteiger partial charge in [-0.1, -0.05) is 37.3 Å². The number of rotatable bonds is 9. The molecule has 2 aromatic carbocycles. The summed E-state index contributed by atoms with van der Waals surface area (Å²) in [4.78, 5) is 23.8. The third-order valence-corrected chi connectivity index (χ3v) is 4.58. The number of anilines is 1. The molecule has 1 aromatic heterocycles. The molecular formula is C23H27N3O3. The molecule has 6 heteroatoms. The Morgan fingerprint density at radius 1 is 1.07 bits per heavy atom. The van der Waals surface area contributed by atoms with Crippen molar-refractivity contribution in [2.24, 2.45) is 0 Å². The highest BCUT2D eigenvalue weighted by molar-refractivity contribution is 5.93. The predicted octanol–water partition coefficient (Wildman–Crippen LogP) is 4.70. The summed E-state index contributed by atoms with van der Waals surface area (Å²) < 4.78 is 7.35. The van der Waals surface area contributed by atoms with Gasteiger partial charge in [-0.25, -0.2) is 4.79 Å². The van der Waals surface area contributed by atoms with Crippen LogP contribution in [0.5, 0.6) is 0 Å². The molecule has 6 nitrogen and oxygen atoms in total. The van der Waals surface area contributed by atoms with E-state index in [9.17, 15) is 9.59 Å². The van der Waals surface area contributed by atoms with Crippen molar-refractivity contribution < 1.29 is 14.3 Å². The summed E-state index contributed by atoms with van der Waals surface area (Å²) in [5, 5.41) is 6.70. The normalized spacial score (nSPS) is 10.7. The molecule has 1 heterocycles. The zero-order valence-corrected chi connectivity index (χ0v) is 16.7. The number of hydrogen-bond acceptors (Lipinski definition) is 3. The number of fused-ring (bicyclic) bond motifs is 1. The number of aromatic nitrogens is 1. The number of nitrogens with zero attached hydrogens (tertiary/aromatic N) is 1. The highest BCUT2D eigenvalue weighted by Gasteiger charge is 2.07. The number of aryl methyl sites for hydroxylation is 1. The summed E-state index contributed by atoms with van der Waals surface area (Å²) in [6.45, 7) is 3.75. The number of nitrogens with one attached hydrogen (secondary N) is 2. The second-order valence-corrected chi connectivity index (χ2v) is 6.92. The lowest BCUT2D eigenvalue weighted by Crippen LogP contribution is -2.26. The van der Waals surface area contributed by atoms with E-state index in [4.69, 9.17) is 4.74 Å². The van der Waals surface area contributed by atoms with E-state index in [0.29, 0.717) is 19.4 Å². The summed E-state index contributed by atoms with van der Waals surface area (Å²) in [6.07, 6.45) is 3.55. The van der Waals surface area contributed by atoms with E-state index in [1.54, 1.807) is 0 Å². The average molecular weight is 393 g/mol. The first kappa shape index (κ1) is 20.5. The van der Waals surface area contributed by atoms with Crippen LogP contribution >= 0.6 is 0 Å². The summed E-state index contributed by atoms with van der Waals surface area (Å²) >= 11 is 0. The Hall–Kier alpha value is -3.28. The minimum atomic E-state index is -0.476. The van der Waals surface area contributed by atoms with Gasteiger partial charge in [0.25, 0.3) is 0 Å². The van der Waals surface area contributed by atoms with Gasteiger partial charge in [0, 0.05) is 42.3 Å². The molecule has 0 spiro atoms. The summed E-state index contributed by atoms with van der Waals surface area (Å²) in [5.74, 6) is -0.0724. The van der Waals surface area contributed by atoms with Crippen molar-refractivity contribution in [3.63, 3.8) is 0 Å². The van der Waals surface area contributed by atoms with Crippen LogP contribution in [-0.2, 0) is 22.7 Å². The van der Waals surface area contributed by atoms with Crippen LogP contribution in [0.2, 0.25) is 0 Å². The van der Waals surface area contributed by atoms with Gasteiger partial charge >= 0.3 is 6.09 Å². The summed E-state index contributed by atoms with van der Waals surface area (Å²) in [7, 11) is 0. The molecule has 152 valence electrons. The van der Waals surface area contributed by atoms with Gasteiger partial charge in [-0.3, -0.25) is 4.79 Å². The lowest BCUT2D eigenvalue weighted by Gasteiger charge is -2.08. The van der Waals surface area contributed by atoms with Crippen LogP contribution in [-0.4, -0.2) is 23.1 Å². The standard InChI is InChI=1S/C23H27N3O3/c1-2-14-26-15-12-19-16-20(10-11-21(19)26)25-22(27)9-6-13-24-23(28)29-17-18-7-4-3-5-8-18/h3-5,7-8,10-12,15-16H,2,6,9,13-14,17H2,1H3,(H,24,28)(H,25,27). The van der Waals surface area contributed by atoms with Crippen molar-refractivity contribution in [2.75, 3.05) is 11.9 Å². The third-order valence-electron chi connectivity index (χ3n) is 4.58. The highest BCUT2D eigenvalue weighted by Crippen LogP contribution is 2.21. The Labute approximate surface area is 170 Å². The van der Waals surface area contributed by atoms with Gasteiger partial charge in [0.1, 0.15) is 6.61 Å². The third kappa shape index (κ3) is 6.10. The van der Waals surface area contributed by atoms with Gasteiger partial charge in [-0.2, -0.15) is 0 Å². The number of ether oxygens (including phenoxy) is 1. The Morgan fingerprint density at radius 3 is 2.69 bits per heavy atom. The van der Waals surface area contributed by atoms with E-state index in [0.717, 1.165) is 29.6 Å². The number of benzene rings is 2. The molecule has 29 heavy (non-hydrogen) atoms. The monoisotopic (exact) mass is 393 g/mol. The Morgan fingerprint density at radius 2 is 1.90 bits per heavy atom. The molecule has 0 aliphatic rings. The van der Waals surface area contributed by atoms with Gasteiger partial charge in [-0.05, 0) is 42.7 Å². The predicted molar refractivity (Wildman–Crippen MR) is 115 cm³/mol. The van der Waals surface area contributed by atoms with Gasteiger partial charge in [0.05, 0.1) is 0 Å². The van der Waals surface area contributed by atoms with Crippen LogP contribution in [0.1, 0.15) is 31.7 Å². The van der Waals surface area contributed by atoms with E-state index in [-0.39, 0.29) is 12.5 Å². The van der Waals surface area contributed by atoms with E-state index < -0.39 is 6.09 Å². The maximum atomic E-state index is 12.2. The van der Waals surface area contributed by atoms with Crippen LogP contribution in [0.3, 0.4) is 0 Å². The first-order valence-electron chi connectivity index (χ1n) is 9.99. The van der Waals surface area contributed by atoms with E-state index >= 15 is 0 Å². The second-order valence-electron chi connectivity index (χ2n) is 6.92. The molecule has 0 saturated heterocycles. The zero-order chi connectivity index (χ0) is 20.5. The Balaban J connectivity index is 1.36. The fourth-order valence-corrected chi connectivity index (χ4v) is 3.15. The maximum Gasteiger partial charge on any atom is 0.407 e. The van der Waals surface area contributed by atoms with Crippen molar-refractivity contribution >= 4 is 28.6 Å². The fraction of sp³-hybridized carbons (Fsp3) is 0.304. The quantitative estimate of drug-likeness (QED) is 0.518. The van der Waals surface area contributed by atoms with Crippen molar-refractivity contribution in [1.82, 2.24) is 9.88 Å². The van der Waals surface area contributed by atoms with Crippen molar-refractivity contribution in [1.29, 1.82) is 0 Å². The second kappa shape index (κ2) is 10.3. The van der Waals surface area contributed by atoms with Gasteiger partial charge in [0.2, 0.25) is 5.91 Å². The molecule has 0 atom stereocenters. The lowest BCUT2D eigenvalue weighted by molar-refractivity contribution is -0.116. The Bertz CT molecular complexity index is 950. The zero-order valence-electron chi connectivity index (χ0n) is 16.7. The molecule has 0 aliphatic carbocycles. The van der Waals surface area contributed by atoms with E-state index in [2.05, 4.69) is 34.4 Å². The van der Waals surface area contributed by atoms with Crippen molar-refractivity contribution in [2.45, 2.75) is 39.3 Å². The lowest BCUT2D eigenvalue weighted by atomic mass is 10.2. The number of carbonyl (C=O) groups excluding carboxylic acids is 2. The van der Waals surface area contributed by atoms with E-state index in [1.165, 1.54) is 5.52 Å².